The van der Waals surface area contributed by atoms with E-state index in [1.807, 2.05) is 0 Å². The monoisotopic (exact) mass is 471 g/mol. The minimum atomic E-state index is -2.90. The first kappa shape index (κ1) is 20.6. The fraction of sp³-hybridized carbons (Fsp3) is 0.105. The van der Waals surface area contributed by atoms with Gasteiger partial charge in [0, 0.05) is 5.56 Å². The standard InChI is InChI=1S/C19H12ClF2N9O2/c20-14-5-23-6-15(25-14)30-9-12(26-29-30)10-32-17-8-24-7-16-27-28-18(31(16)17)11-1-3-13(4-2-11)33-19(21)22/h1-9,19H,10H2. The fourth-order valence-corrected chi connectivity index (χ4v) is 3.11. The van der Waals surface area contributed by atoms with E-state index in [1.54, 1.807) is 22.7 Å². The predicted octanol–water partition coefficient (Wildman–Crippen LogP) is 3.00. The van der Waals surface area contributed by atoms with Crippen molar-refractivity contribution in [2.45, 2.75) is 13.2 Å². The first-order valence-electron chi connectivity index (χ1n) is 9.33. The minimum Gasteiger partial charge on any atom is -0.471 e. The molecule has 0 aliphatic heterocycles. The number of nitrogens with zero attached hydrogens (tertiary/aromatic N) is 9. The van der Waals surface area contributed by atoms with Crippen molar-refractivity contribution < 1.29 is 18.3 Å². The lowest BCUT2D eigenvalue weighted by atomic mass is 10.2. The van der Waals surface area contributed by atoms with E-state index in [2.05, 4.69) is 40.2 Å². The lowest BCUT2D eigenvalue weighted by Crippen LogP contribution is -2.03. The van der Waals surface area contributed by atoms with Gasteiger partial charge in [0.1, 0.15) is 23.2 Å². The van der Waals surface area contributed by atoms with Crippen molar-refractivity contribution in [3.05, 3.63) is 66.1 Å². The highest BCUT2D eigenvalue weighted by atomic mass is 35.5. The Balaban J connectivity index is 1.39. The van der Waals surface area contributed by atoms with Crippen molar-refractivity contribution in [1.82, 2.24) is 44.5 Å². The summed E-state index contributed by atoms with van der Waals surface area (Å²) in [5.41, 5.74) is 1.57. The van der Waals surface area contributed by atoms with Crippen molar-refractivity contribution in [1.29, 1.82) is 0 Å². The van der Waals surface area contributed by atoms with Gasteiger partial charge in [-0.3, -0.25) is 9.97 Å². The quantitative estimate of drug-likeness (QED) is 0.353. The Bertz CT molecular complexity index is 1410. The van der Waals surface area contributed by atoms with E-state index in [-0.39, 0.29) is 17.5 Å². The van der Waals surface area contributed by atoms with E-state index >= 15 is 0 Å². The van der Waals surface area contributed by atoms with Crippen LogP contribution in [0.25, 0.3) is 22.9 Å². The van der Waals surface area contributed by atoms with Crippen LogP contribution in [0, 0.1) is 0 Å². The van der Waals surface area contributed by atoms with Crippen LogP contribution in [0.3, 0.4) is 0 Å². The molecule has 0 unspecified atom stereocenters. The molecule has 0 radical (unpaired) electrons. The molecule has 0 saturated carbocycles. The third-order valence-corrected chi connectivity index (χ3v) is 4.54. The molecule has 0 amide bonds. The number of benzene rings is 1. The van der Waals surface area contributed by atoms with Crippen molar-refractivity contribution in [3.63, 3.8) is 0 Å². The molecule has 4 aromatic heterocycles. The number of halogens is 3. The Morgan fingerprint density at radius 3 is 2.58 bits per heavy atom. The maximum atomic E-state index is 12.4. The van der Waals surface area contributed by atoms with Crippen molar-refractivity contribution in [3.8, 4) is 28.8 Å². The third kappa shape index (κ3) is 4.39. The zero-order chi connectivity index (χ0) is 22.8. The van der Waals surface area contributed by atoms with Gasteiger partial charge in [-0.2, -0.15) is 8.78 Å². The molecule has 0 saturated heterocycles. The van der Waals surface area contributed by atoms with Crippen LogP contribution in [0.4, 0.5) is 8.78 Å². The smallest absolute Gasteiger partial charge is 0.387 e. The molecular formula is C19H12ClF2N9O2. The molecule has 1 aromatic carbocycles. The van der Waals surface area contributed by atoms with Gasteiger partial charge in [0.05, 0.1) is 31.0 Å². The van der Waals surface area contributed by atoms with Gasteiger partial charge >= 0.3 is 6.61 Å². The first-order valence-corrected chi connectivity index (χ1v) is 9.71. The molecular weight excluding hydrogens is 460 g/mol. The van der Waals surface area contributed by atoms with Crippen LogP contribution in [0.5, 0.6) is 11.6 Å². The Morgan fingerprint density at radius 2 is 1.79 bits per heavy atom. The van der Waals surface area contributed by atoms with Gasteiger partial charge in [0.15, 0.2) is 17.3 Å². The molecule has 0 spiro atoms. The summed E-state index contributed by atoms with van der Waals surface area (Å²) in [7, 11) is 0. The van der Waals surface area contributed by atoms with Crippen LogP contribution in [0.2, 0.25) is 5.15 Å². The summed E-state index contributed by atoms with van der Waals surface area (Å²) in [6.45, 7) is -2.84. The first-order chi connectivity index (χ1) is 16.1. The summed E-state index contributed by atoms with van der Waals surface area (Å²) in [4.78, 5) is 12.2. The van der Waals surface area contributed by atoms with Crippen LogP contribution < -0.4 is 9.47 Å². The molecule has 0 aliphatic rings. The van der Waals surface area contributed by atoms with Crippen molar-refractivity contribution >= 4 is 17.2 Å². The maximum absolute atomic E-state index is 12.4. The SMILES string of the molecule is FC(F)Oc1ccc(-c2nnc3cncc(OCc4cn(-c5cncc(Cl)n5)nn4)n23)cc1. The third-order valence-electron chi connectivity index (χ3n) is 4.36. The highest BCUT2D eigenvalue weighted by molar-refractivity contribution is 6.29. The summed E-state index contributed by atoms with van der Waals surface area (Å²) in [6.07, 6.45) is 7.56. The molecule has 14 heteroatoms. The van der Waals surface area contributed by atoms with E-state index in [1.165, 1.54) is 41.6 Å². The Kier molecular flexibility index (Phi) is 5.44. The molecule has 0 fully saturated rings. The average molecular weight is 472 g/mol. The van der Waals surface area contributed by atoms with Gasteiger partial charge < -0.3 is 9.47 Å². The second-order valence-corrected chi connectivity index (χ2v) is 6.90. The fourth-order valence-electron chi connectivity index (χ4n) is 2.96. The molecule has 0 N–H and O–H groups in total. The van der Waals surface area contributed by atoms with Crippen LogP contribution in [0.15, 0.2) is 55.2 Å². The predicted molar refractivity (Wildman–Crippen MR) is 109 cm³/mol. The Labute approximate surface area is 188 Å². The number of hydrogen-bond acceptors (Lipinski definition) is 9. The maximum Gasteiger partial charge on any atom is 0.387 e. The highest BCUT2D eigenvalue weighted by Gasteiger charge is 2.15. The molecule has 33 heavy (non-hydrogen) atoms. The minimum absolute atomic E-state index is 0.0354. The number of aromatic nitrogens is 9. The zero-order valence-electron chi connectivity index (χ0n) is 16.5. The van der Waals surface area contributed by atoms with Crippen molar-refractivity contribution in [2.75, 3.05) is 0 Å². The summed E-state index contributed by atoms with van der Waals surface area (Å²) in [5, 5.41) is 16.5. The Hall–Kier alpha value is -4.26. The van der Waals surface area contributed by atoms with Gasteiger partial charge in [-0.25, -0.2) is 14.1 Å². The largest absolute Gasteiger partial charge is 0.471 e. The molecule has 0 aliphatic carbocycles. The van der Waals surface area contributed by atoms with Crippen LogP contribution in [0.1, 0.15) is 5.69 Å². The Morgan fingerprint density at radius 1 is 0.970 bits per heavy atom. The molecule has 166 valence electrons. The van der Waals surface area contributed by atoms with Gasteiger partial charge in [0.2, 0.25) is 5.88 Å². The molecule has 4 heterocycles. The van der Waals surface area contributed by atoms with Crippen molar-refractivity contribution in [2.24, 2.45) is 0 Å². The summed E-state index contributed by atoms with van der Waals surface area (Å²) < 4.78 is 38.1. The van der Waals surface area contributed by atoms with E-state index < -0.39 is 6.61 Å². The van der Waals surface area contributed by atoms with E-state index in [0.717, 1.165) is 0 Å². The molecule has 11 nitrogen and oxygen atoms in total. The number of fused-ring (bicyclic) bond motifs is 1. The second kappa shape index (κ2) is 8.70. The second-order valence-electron chi connectivity index (χ2n) is 6.51. The van der Waals surface area contributed by atoms with Crippen LogP contribution in [-0.4, -0.2) is 51.2 Å². The molecule has 5 aromatic rings. The van der Waals surface area contributed by atoms with Gasteiger partial charge in [-0.15, -0.1) is 15.3 Å². The lowest BCUT2D eigenvalue weighted by Gasteiger charge is -2.09. The van der Waals surface area contributed by atoms with Crippen LogP contribution >= 0.6 is 11.6 Å². The topological polar surface area (TPSA) is 118 Å². The average Bonchev–Trinajstić information content (AvgIpc) is 3.46. The van der Waals surface area contributed by atoms with E-state index in [9.17, 15) is 8.78 Å². The number of rotatable bonds is 7. The molecule has 0 atom stereocenters. The summed E-state index contributed by atoms with van der Waals surface area (Å²) in [5.74, 6) is 1.22. The summed E-state index contributed by atoms with van der Waals surface area (Å²) >= 11 is 5.86. The van der Waals surface area contributed by atoms with Gasteiger partial charge in [0.25, 0.3) is 0 Å². The number of alkyl halides is 2. The number of ether oxygens (including phenoxy) is 2. The normalized spacial score (nSPS) is 11.3. The summed E-state index contributed by atoms with van der Waals surface area (Å²) in [6, 6.07) is 6.02. The van der Waals surface area contributed by atoms with Crippen LogP contribution in [-0.2, 0) is 6.61 Å². The van der Waals surface area contributed by atoms with E-state index in [0.29, 0.717) is 34.4 Å². The number of hydrogen-bond donors (Lipinski definition) is 0. The lowest BCUT2D eigenvalue weighted by molar-refractivity contribution is -0.0498. The molecule has 0 bridgehead atoms. The zero-order valence-corrected chi connectivity index (χ0v) is 17.2. The highest BCUT2D eigenvalue weighted by Crippen LogP contribution is 2.25. The van der Waals surface area contributed by atoms with Gasteiger partial charge in [-0.05, 0) is 24.3 Å². The van der Waals surface area contributed by atoms with E-state index in [4.69, 9.17) is 16.3 Å². The van der Waals surface area contributed by atoms with Gasteiger partial charge in [-0.1, -0.05) is 16.8 Å². The molecule has 5 rings (SSSR count).